The van der Waals surface area contributed by atoms with Crippen LogP contribution >= 0.6 is 0 Å². The molecule has 0 radical (unpaired) electrons. The van der Waals surface area contributed by atoms with Gasteiger partial charge in [-0.3, -0.25) is 9.69 Å². The van der Waals surface area contributed by atoms with Crippen molar-refractivity contribution in [3.05, 3.63) is 59.7 Å². The molecule has 2 rings (SSSR count). The van der Waals surface area contributed by atoms with Crippen molar-refractivity contribution in [2.45, 2.75) is 32.9 Å². The van der Waals surface area contributed by atoms with E-state index >= 15 is 0 Å². The van der Waals surface area contributed by atoms with Crippen LogP contribution in [-0.2, 0) is 17.8 Å². The fourth-order valence-corrected chi connectivity index (χ4v) is 2.43. The molecule has 0 aliphatic heterocycles. The molecule has 0 fully saturated rings. The number of ether oxygens (including phenoxy) is 1. The van der Waals surface area contributed by atoms with Crippen molar-refractivity contribution >= 4 is 11.6 Å². The number of hydrogen-bond donors (Lipinski definition) is 1. The van der Waals surface area contributed by atoms with E-state index < -0.39 is 0 Å². The first-order valence-electron chi connectivity index (χ1n) is 8.26. The third kappa shape index (κ3) is 4.83. The topological polar surface area (TPSA) is 41.6 Å². The number of hydrogen-bond acceptors (Lipinski definition) is 3. The van der Waals surface area contributed by atoms with Gasteiger partial charge in [-0.1, -0.05) is 31.2 Å². The van der Waals surface area contributed by atoms with E-state index in [9.17, 15) is 4.79 Å². The molecule has 128 valence electrons. The Labute approximate surface area is 144 Å². The first kappa shape index (κ1) is 18.0. The lowest BCUT2D eigenvalue weighted by molar-refractivity contribution is -0.120. The molecule has 0 spiro atoms. The lowest BCUT2D eigenvalue weighted by atomic mass is 10.1. The summed E-state index contributed by atoms with van der Waals surface area (Å²) >= 11 is 0. The smallest absolute Gasteiger partial charge is 0.241 e. The maximum atomic E-state index is 12.4. The van der Waals surface area contributed by atoms with Gasteiger partial charge >= 0.3 is 0 Å². The van der Waals surface area contributed by atoms with Crippen molar-refractivity contribution in [3.63, 3.8) is 0 Å². The second kappa shape index (κ2) is 8.50. The Bertz CT molecular complexity index is 650. The molecule has 0 heterocycles. The number of likely N-dealkylation sites (N-methyl/N-ethyl adjacent to an activating group) is 1. The standard InChI is InChI=1S/C20H26N2O2/c1-5-16-6-8-17(9-7-16)14-22(3)15(2)20(23)21-18-10-12-19(24-4)13-11-18/h6-13,15H,5,14H2,1-4H3,(H,21,23). The number of methoxy groups -OCH3 is 1. The van der Waals surface area contributed by atoms with Crippen molar-refractivity contribution in [1.82, 2.24) is 4.90 Å². The summed E-state index contributed by atoms with van der Waals surface area (Å²) in [5.41, 5.74) is 3.30. The van der Waals surface area contributed by atoms with E-state index in [-0.39, 0.29) is 11.9 Å². The van der Waals surface area contributed by atoms with Gasteiger partial charge in [0, 0.05) is 12.2 Å². The largest absolute Gasteiger partial charge is 0.497 e. The molecular formula is C20H26N2O2. The molecule has 2 aromatic carbocycles. The predicted octanol–water partition coefficient (Wildman–Crippen LogP) is 3.72. The Morgan fingerprint density at radius 1 is 1.08 bits per heavy atom. The molecule has 4 heteroatoms. The number of benzene rings is 2. The van der Waals surface area contributed by atoms with Gasteiger partial charge in [0.05, 0.1) is 13.2 Å². The second-order valence-electron chi connectivity index (χ2n) is 5.98. The minimum Gasteiger partial charge on any atom is -0.497 e. The first-order valence-corrected chi connectivity index (χ1v) is 8.26. The van der Waals surface area contributed by atoms with Crippen molar-refractivity contribution in [2.24, 2.45) is 0 Å². The van der Waals surface area contributed by atoms with Crippen LogP contribution in [0.2, 0.25) is 0 Å². The number of aryl methyl sites for hydroxylation is 1. The first-order chi connectivity index (χ1) is 11.5. The molecule has 0 aromatic heterocycles. The predicted molar refractivity (Wildman–Crippen MR) is 98.4 cm³/mol. The summed E-state index contributed by atoms with van der Waals surface area (Å²) in [6.45, 7) is 4.80. The Morgan fingerprint density at radius 2 is 1.67 bits per heavy atom. The average molecular weight is 326 g/mol. The van der Waals surface area contributed by atoms with E-state index in [0.29, 0.717) is 0 Å². The van der Waals surface area contributed by atoms with E-state index in [4.69, 9.17) is 4.74 Å². The van der Waals surface area contributed by atoms with Crippen LogP contribution in [0.3, 0.4) is 0 Å². The van der Waals surface area contributed by atoms with Crippen molar-refractivity contribution < 1.29 is 9.53 Å². The number of amides is 1. The Morgan fingerprint density at radius 3 is 2.21 bits per heavy atom. The van der Waals surface area contributed by atoms with Crippen LogP contribution in [-0.4, -0.2) is 31.0 Å². The number of anilines is 1. The molecule has 1 amide bonds. The summed E-state index contributed by atoms with van der Waals surface area (Å²) in [6.07, 6.45) is 1.04. The minimum atomic E-state index is -0.224. The second-order valence-corrected chi connectivity index (χ2v) is 5.98. The molecule has 0 saturated carbocycles. The van der Waals surface area contributed by atoms with Crippen LogP contribution in [0.15, 0.2) is 48.5 Å². The molecule has 1 atom stereocenters. The van der Waals surface area contributed by atoms with Gasteiger partial charge in [0.15, 0.2) is 0 Å². The monoisotopic (exact) mass is 326 g/mol. The summed E-state index contributed by atoms with van der Waals surface area (Å²) in [6, 6.07) is 15.7. The fourth-order valence-electron chi connectivity index (χ4n) is 2.43. The maximum Gasteiger partial charge on any atom is 0.241 e. The lowest BCUT2D eigenvalue weighted by Crippen LogP contribution is -2.39. The summed E-state index contributed by atoms with van der Waals surface area (Å²) in [7, 11) is 3.59. The summed E-state index contributed by atoms with van der Waals surface area (Å²) < 4.78 is 5.12. The van der Waals surface area contributed by atoms with Crippen LogP contribution in [0, 0.1) is 0 Å². The zero-order valence-corrected chi connectivity index (χ0v) is 14.9. The maximum absolute atomic E-state index is 12.4. The number of carbonyl (C=O) groups excluding carboxylic acids is 1. The van der Waals surface area contributed by atoms with Gasteiger partial charge in [0.1, 0.15) is 5.75 Å². The van der Waals surface area contributed by atoms with Gasteiger partial charge < -0.3 is 10.1 Å². The lowest BCUT2D eigenvalue weighted by Gasteiger charge is -2.24. The van der Waals surface area contributed by atoms with Crippen LogP contribution in [0.1, 0.15) is 25.0 Å². The van der Waals surface area contributed by atoms with Crippen molar-refractivity contribution in [1.29, 1.82) is 0 Å². The zero-order valence-electron chi connectivity index (χ0n) is 14.9. The van der Waals surface area contributed by atoms with Gasteiger partial charge in [0.25, 0.3) is 0 Å². The molecule has 2 aromatic rings. The Kier molecular flexibility index (Phi) is 6.38. The van der Waals surface area contributed by atoms with E-state index in [2.05, 4.69) is 36.5 Å². The summed E-state index contributed by atoms with van der Waals surface area (Å²) in [5.74, 6) is 0.751. The number of rotatable bonds is 7. The minimum absolute atomic E-state index is 0.0205. The molecular weight excluding hydrogens is 300 g/mol. The highest BCUT2D eigenvalue weighted by atomic mass is 16.5. The fraction of sp³-hybridized carbons (Fsp3) is 0.350. The molecule has 0 saturated heterocycles. The van der Waals surface area contributed by atoms with E-state index in [1.807, 2.05) is 43.1 Å². The van der Waals surface area contributed by atoms with Crippen LogP contribution in [0.4, 0.5) is 5.69 Å². The normalized spacial score (nSPS) is 12.0. The molecule has 4 nitrogen and oxygen atoms in total. The van der Waals surface area contributed by atoms with E-state index in [1.54, 1.807) is 7.11 Å². The van der Waals surface area contributed by atoms with Gasteiger partial charge in [-0.05, 0) is 55.8 Å². The van der Waals surface area contributed by atoms with Crippen molar-refractivity contribution in [2.75, 3.05) is 19.5 Å². The highest BCUT2D eigenvalue weighted by Crippen LogP contribution is 2.16. The Hall–Kier alpha value is -2.33. The van der Waals surface area contributed by atoms with Gasteiger partial charge in [-0.25, -0.2) is 0 Å². The van der Waals surface area contributed by atoms with Gasteiger partial charge in [-0.15, -0.1) is 0 Å². The third-order valence-electron chi connectivity index (χ3n) is 4.26. The quantitative estimate of drug-likeness (QED) is 0.843. The molecule has 1 N–H and O–H groups in total. The van der Waals surface area contributed by atoms with Gasteiger partial charge in [0.2, 0.25) is 5.91 Å². The molecule has 1 unspecified atom stereocenters. The number of carbonyl (C=O) groups is 1. The Balaban J connectivity index is 1.92. The molecule has 24 heavy (non-hydrogen) atoms. The number of nitrogens with one attached hydrogen (secondary N) is 1. The SMILES string of the molecule is CCc1ccc(CN(C)C(C)C(=O)Nc2ccc(OC)cc2)cc1. The highest BCUT2D eigenvalue weighted by molar-refractivity contribution is 5.94. The third-order valence-corrected chi connectivity index (χ3v) is 4.26. The van der Waals surface area contributed by atoms with Crippen LogP contribution in [0.5, 0.6) is 5.75 Å². The van der Waals surface area contributed by atoms with E-state index in [1.165, 1.54) is 11.1 Å². The van der Waals surface area contributed by atoms with Crippen LogP contribution in [0.25, 0.3) is 0 Å². The van der Waals surface area contributed by atoms with E-state index in [0.717, 1.165) is 24.4 Å². The summed E-state index contributed by atoms with van der Waals surface area (Å²) in [4.78, 5) is 14.5. The average Bonchev–Trinajstić information content (AvgIpc) is 2.62. The highest BCUT2D eigenvalue weighted by Gasteiger charge is 2.18. The molecule has 0 bridgehead atoms. The zero-order chi connectivity index (χ0) is 17.5. The molecule has 0 aliphatic rings. The molecule has 0 aliphatic carbocycles. The van der Waals surface area contributed by atoms with Gasteiger partial charge in [-0.2, -0.15) is 0 Å². The summed E-state index contributed by atoms with van der Waals surface area (Å²) in [5, 5.41) is 2.94. The van der Waals surface area contributed by atoms with Crippen LogP contribution < -0.4 is 10.1 Å². The number of nitrogens with zero attached hydrogens (tertiary/aromatic N) is 1. The van der Waals surface area contributed by atoms with Crippen molar-refractivity contribution in [3.8, 4) is 5.75 Å².